The highest BCUT2D eigenvalue weighted by molar-refractivity contribution is 5.85. The molecule has 32 heavy (non-hydrogen) atoms. The number of halogens is 1. The van der Waals surface area contributed by atoms with Gasteiger partial charge in [0.1, 0.15) is 5.82 Å². The van der Waals surface area contributed by atoms with E-state index >= 15 is 0 Å². The highest BCUT2D eigenvalue weighted by atomic mass is 19.1. The van der Waals surface area contributed by atoms with E-state index in [2.05, 4.69) is 33.0 Å². The molecule has 3 aromatic rings. The largest absolute Gasteiger partial charge is 0.368 e. The molecule has 2 aliphatic heterocycles. The minimum atomic E-state index is -0.463. The number of hydrogen-bond acceptors (Lipinski definition) is 4. The van der Waals surface area contributed by atoms with E-state index in [0.29, 0.717) is 23.0 Å². The summed E-state index contributed by atoms with van der Waals surface area (Å²) in [4.78, 5) is 20.4. The van der Waals surface area contributed by atoms with Crippen LogP contribution in [0.4, 0.5) is 10.1 Å². The molecular formula is C26H27FN4O. The predicted octanol–water partition coefficient (Wildman–Crippen LogP) is 4.13. The molecule has 2 unspecified atom stereocenters. The van der Waals surface area contributed by atoms with Gasteiger partial charge in [0.15, 0.2) is 0 Å². The van der Waals surface area contributed by atoms with Crippen LogP contribution < -0.4 is 10.5 Å². The van der Waals surface area contributed by atoms with Crippen LogP contribution in [0.25, 0.3) is 10.8 Å². The van der Waals surface area contributed by atoms with Gasteiger partial charge in [0.05, 0.1) is 17.0 Å². The number of piperazine rings is 1. The number of nitrogens with zero attached hydrogens (tertiary/aromatic N) is 3. The normalized spacial score (nSPS) is 20.6. The van der Waals surface area contributed by atoms with Crippen LogP contribution in [-0.2, 0) is 6.42 Å². The second-order valence-electron chi connectivity index (χ2n) is 9.07. The Hall–Kier alpha value is -3.17. The SMILES string of the molecule is Cc1ccc(F)c2c(=O)[nH]c(CCCN3C4CCC3CN(c3ccc(C#N)cc3)C4)cc12. The van der Waals surface area contributed by atoms with Gasteiger partial charge in [-0.15, -0.1) is 0 Å². The van der Waals surface area contributed by atoms with Crippen LogP contribution in [0, 0.1) is 24.1 Å². The molecule has 2 aliphatic rings. The van der Waals surface area contributed by atoms with Crippen LogP contribution in [0.5, 0.6) is 0 Å². The number of aromatic amines is 1. The first kappa shape index (κ1) is 20.7. The number of nitriles is 1. The summed E-state index contributed by atoms with van der Waals surface area (Å²) >= 11 is 0. The number of fused-ring (bicyclic) bond motifs is 3. The maximum Gasteiger partial charge on any atom is 0.259 e. The molecule has 0 saturated carbocycles. The molecule has 0 aliphatic carbocycles. The fourth-order valence-electron chi connectivity index (χ4n) is 5.43. The van der Waals surface area contributed by atoms with Crippen molar-refractivity contribution in [3.05, 3.63) is 75.5 Å². The summed E-state index contributed by atoms with van der Waals surface area (Å²) in [5.74, 6) is -0.463. The number of pyridine rings is 1. The van der Waals surface area contributed by atoms with Crippen molar-refractivity contribution in [2.45, 2.75) is 44.7 Å². The second kappa shape index (κ2) is 8.40. The molecule has 1 N–H and O–H groups in total. The first-order valence-corrected chi connectivity index (χ1v) is 11.4. The fourth-order valence-corrected chi connectivity index (χ4v) is 5.43. The van der Waals surface area contributed by atoms with E-state index in [1.165, 1.54) is 24.6 Å². The van der Waals surface area contributed by atoms with Gasteiger partial charge in [-0.05, 0) is 86.5 Å². The van der Waals surface area contributed by atoms with Crippen molar-refractivity contribution in [2.75, 3.05) is 24.5 Å². The third-order valence-electron chi connectivity index (χ3n) is 7.09. The van der Waals surface area contributed by atoms with Crippen molar-refractivity contribution >= 4 is 16.5 Å². The predicted molar refractivity (Wildman–Crippen MR) is 124 cm³/mol. The molecule has 2 aromatic carbocycles. The lowest BCUT2D eigenvalue weighted by Crippen LogP contribution is -2.54. The number of aryl methyl sites for hydroxylation is 2. The number of anilines is 1. The van der Waals surface area contributed by atoms with Gasteiger partial charge in [-0.3, -0.25) is 9.69 Å². The zero-order valence-corrected chi connectivity index (χ0v) is 18.3. The standard InChI is InChI=1S/C26H27FN4O/c1-17-4-11-24(27)25-23(17)13-19(29-26(25)32)3-2-12-31-21-9-10-22(31)16-30(15-21)20-7-5-18(14-28)6-8-20/h4-8,11,13,21-22H,2-3,9-10,12,15-16H2,1H3,(H,29,32). The van der Waals surface area contributed by atoms with Gasteiger partial charge >= 0.3 is 0 Å². The van der Waals surface area contributed by atoms with E-state index in [9.17, 15) is 9.18 Å². The van der Waals surface area contributed by atoms with Gasteiger partial charge in [-0.1, -0.05) is 6.07 Å². The maximum absolute atomic E-state index is 14.1. The molecule has 2 atom stereocenters. The molecule has 1 aromatic heterocycles. The molecule has 164 valence electrons. The lowest BCUT2D eigenvalue weighted by Gasteiger charge is -2.42. The third-order valence-corrected chi connectivity index (χ3v) is 7.09. The summed E-state index contributed by atoms with van der Waals surface area (Å²) in [7, 11) is 0. The van der Waals surface area contributed by atoms with Gasteiger partial charge in [0.25, 0.3) is 5.56 Å². The zero-order valence-electron chi connectivity index (χ0n) is 18.3. The molecule has 0 spiro atoms. The Kier molecular flexibility index (Phi) is 5.44. The summed E-state index contributed by atoms with van der Waals surface area (Å²) in [6, 6.07) is 16.2. The second-order valence-corrected chi connectivity index (χ2v) is 9.07. The average Bonchev–Trinajstić information content (AvgIpc) is 3.03. The molecule has 6 heteroatoms. The lowest BCUT2D eigenvalue weighted by molar-refractivity contribution is 0.167. The summed E-state index contributed by atoms with van der Waals surface area (Å²) in [5, 5.41) is 9.89. The smallest absolute Gasteiger partial charge is 0.259 e. The van der Waals surface area contributed by atoms with Crippen molar-refractivity contribution in [3.8, 4) is 6.07 Å². The van der Waals surface area contributed by atoms with Gasteiger partial charge < -0.3 is 9.88 Å². The highest BCUT2D eigenvalue weighted by Crippen LogP contribution is 2.33. The highest BCUT2D eigenvalue weighted by Gasteiger charge is 2.39. The number of hydrogen-bond donors (Lipinski definition) is 1. The first-order chi connectivity index (χ1) is 15.5. The van der Waals surface area contributed by atoms with Crippen LogP contribution in [0.3, 0.4) is 0 Å². The van der Waals surface area contributed by atoms with Gasteiger partial charge in [-0.2, -0.15) is 5.26 Å². The third kappa shape index (κ3) is 3.78. The van der Waals surface area contributed by atoms with Crippen LogP contribution >= 0.6 is 0 Å². The number of H-pyrrole nitrogens is 1. The van der Waals surface area contributed by atoms with E-state index in [4.69, 9.17) is 5.26 Å². The quantitative estimate of drug-likeness (QED) is 0.661. The van der Waals surface area contributed by atoms with Crippen LogP contribution in [-0.4, -0.2) is 41.6 Å². The van der Waals surface area contributed by atoms with Crippen molar-refractivity contribution in [1.29, 1.82) is 5.26 Å². The van der Waals surface area contributed by atoms with Crippen LogP contribution in [0.2, 0.25) is 0 Å². The van der Waals surface area contributed by atoms with Gasteiger partial charge in [0, 0.05) is 36.6 Å². The molecule has 0 radical (unpaired) electrons. The van der Waals surface area contributed by atoms with Crippen molar-refractivity contribution < 1.29 is 4.39 Å². The Labute approximate surface area is 187 Å². The average molecular weight is 431 g/mol. The Morgan fingerprint density at radius 2 is 1.84 bits per heavy atom. The maximum atomic E-state index is 14.1. The van der Waals surface area contributed by atoms with E-state index in [1.807, 2.05) is 25.1 Å². The van der Waals surface area contributed by atoms with E-state index < -0.39 is 5.82 Å². The Morgan fingerprint density at radius 1 is 1.12 bits per heavy atom. The molecule has 2 bridgehead atoms. The van der Waals surface area contributed by atoms with E-state index in [0.717, 1.165) is 43.7 Å². The Bertz CT molecular complexity index is 1230. The number of rotatable bonds is 5. The monoisotopic (exact) mass is 430 g/mol. The first-order valence-electron chi connectivity index (χ1n) is 11.4. The van der Waals surface area contributed by atoms with Crippen molar-refractivity contribution in [3.63, 3.8) is 0 Å². The summed E-state index contributed by atoms with van der Waals surface area (Å²) in [6.07, 6.45) is 4.15. The minimum absolute atomic E-state index is 0.158. The van der Waals surface area contributed by atoms with Crippen LogP contribution in [0.15, 0.2) is 47.3 Å². The number of nitrogens with one attached hydrogen (secondary N) is 1. The van der Waals surface area contributed by atoms with Crippen molar-refractivity contribution in [1.82, 2.24) is 9.88 Å². The van der Waals surface area contributed by atoms with Gasteiger partial charge in [0.2, 0.25) is 0 Å². The molecular weight excluding hydrogens is 403 g/mol. The van der Waals surface area contributed by atoms with Crippen molar-refractivity contribution in [2.24, 2.45) is 0 Å². The molecule has 0 amide bonds. The molecule has 5 rings (SSSR count). The Balaban J connectivity index is 1.23. The summed E-state index contributed by atoms with van der Waals surface area (Å²) in [5.41, 5.74) is 3.34. The minimum Gasteiger partial charge on any atom is -0.368 e. The zero-order chi connectivity index (χ0) is 22.2. The summed E-state index contributed by atoms with van der Waals surface area (Å²) in [6.45, 7) is 4.93. The Morgan fingerprint density at radius 3 is 2.53 bits per heavy atom. The fraction of sp³-hybridized carbons (Fsp3) is 0.385. The topological polar surface area (TPSA) is 63.1 Å². The summed E-state index contributed by atoms with van der Waals surface area (Å²) < 4.78 is 14.1. The number of benzene rings is 2. The molecule has 3 heterocycles. The van der Waals surface area contributed by atoms with E-state index in [1.54, 1.807) is 6.07 Å². The lowest BCUT2D eigenvalue weighted by atomic mass is 10.0. The van der Waals surface area contributed by atoms with Gasteiger partial charge in [-0.25, -0.2) is 4.39 Å². The molecule has 2 fully saturated rings. The van der Waals surface area contributed by atoms with E-state index in [-0.39, 0.29) is 10.9 Å². The van der Waals surface area contributed by atoms with Crippen LogP contribution in [0.1, 0.15) is 36.1 Å². The molecule has 2 saturated heterocycles. The number of aromatic nitrogens is 1. The molecule has 5 nitrogen and oxygen atoms in total.